The van der Waals surface area contributed by atoms with Gasteiger partial charge in [-0.05, 0) is 49.2 Å². The summed E-state index contributed by atoms with van der Waals surface area (Å²) in [6, 6.07) is 10.9. The smallest absolute Gasteiger partial charge is 0.295 e. The number of benzene rings is 2. The number of aromatic nitrogens is 2. The Balaban J connectivity index is 1.73. The monoisotopic (exact) mass is 499 g/mol. The summed E-state index contributed by atoms with van der Waals surface area (Å²) >= 11 is 12.4. The fourth-order valence-corrected chi connectivity index (χ4v) is 4.38. The Morgan fingerprint density at radius 2 is 1.88 bits per heavy atom. The zero-order valence-electron chi connectivity index (χ0n) is 18.4. The molecule has 0 radical (unpaired) electrons. The molecule has 1 aliphatic heterocycles. The molecule has 0 bridgehead atoms. The summed E-state index contributed by atoms with van der Waals surface area (Å²) in [5, 5.41) is 12.0. The van der Waals surface area contributed by atoms with Gasteiger partial charge in [-0.15, -0.1) is 0 Å². The lowest BCUT2D eigenvalue weighted by Gasteiger charge is -2.25. The van der Waals surface area contributed by atoms with Gasteiger partial charge in [0.05, 0.1) is 29.6 Å². The van der Waals surface area contributed by atoms with Crippen molar-refractivity contribution in [1.29, 1.82) is 0 Å². The molecule has 1 atom stereocenters. The van der Waals surface area contributed by atoms with Gasteiger partial charge in [0.2, 0.25) is 0 Å². The van der Waals surface area contributed by atoms with E-state index in [4.69, 9.17) is 27.9 Å². The Hall–Kier alpha value is -3.29. The molecule has 2 aromatic carbocycles. The first-order valence-corrected chi connectivity index (χ1v) is 11.6. The molecule has 1 aromatic heterocycles. The first-order valence-electron chi connectivity index (χ1n) is 10.8. The molecule has 1 aliphatic rings. The normalized spacial score (nSPS) is 17.4. The summed E-state index contributed by atoms with van der Waals surface area (Å²) in [6.07, 6.45) is 5.81. The predicted octanol–water partition coefficient (Wildman–Crippen LogP) is 5.10. The van der Waals surface area contributed by atoms with E-state index in [1.165, 1.54) is 11.0 Å². The van der Waals surface area contributed by atoms with Crippen LogP contribution in [0.4, 0.5) is 0 Å². The molecule has 1 saturated heterocycles. The van der Waals surface area contributed by atoms with Gasteiger partial charge in [-0.1, -0.05) is 35.3 Å². The van der Waals surface area contributed by atoms with E-state index in [0.717, 1.165) is 0 Å². The Kier molecular flexibility index (Phi) is 7.24. The standard InChI is InChI=1S/C25H23Cl2N3O4/c1-2-34-20-9-6-17(14-19(20)27)23(31)21-22(16-4-7-18(26)8-5-16)30(25(33)24(21)32)12-3-11-29-13-10-28-15-29/h4-10,13-15,22,31H,2-3,11-12H2,1H3/b23-21-. The lowest BCUT2D eigenvalue weighted by molar-refractivity contribution is -0.139. The molecule has 7 nitrogen and oxygen atoms in total. The highest BCUT2D eigenvalue weighted by Crippen LogP contribution is 2.40. The third kappa shape index (κ3) is 4.81. The number of carbonyl (C=O) groups excluding carboxylic acids is 2. The van der Waals surface area contributed by atoms with Gasteiger partial charge in [0.1, 0.15) is 11.5 Å². The van der Waals surface area contributed by atoms with Crippen molar-refractivity contribution in [2.75, 3.05) is 13.2 Å². The molecule has 3 aromatic rings. The van der Waals surface area contributed by atoms with E-state index in [2.05, 4.69) is 4.98 Å². The van der Waals surface area contributed by atoms with E-state index in [1.807, 2.05) is 17.7 Å². The van der Waals surface area contributed by atoms with Crippen LogP contribution in [-0.4, -0.2) is 44.4 Å². The average Bonchev–Trinajstić information content (AvgIpc) is 3.43. The molecule has 176 valence electrons. The molecule has 34 heavy (non-hydrogen) atoms. The maximum atomic E-state index is 13.1. The molecule has 2 heterocycles. The van der Waals surface area contributed by atoms with Gasteiger partial charge >= 0.3 is 0 Å². The highest BCUT2D eigenvalue weighted by atomic mass is 35.5. The molecule has 0 aliphatic carbocycles. The number of Topliss-reactive ketones (excluding diaryl/α,β-unsaturated/α-hetero) is 1. The largest absolute Gasteiger partial charge is 0.507 e. The predicted molar refractivity (Wildman–Crippen MR) is 130 cm³/mol. The van der Waals surface area contributed by atoms with Gasteiger partial charge < -0.3 is 19.3 Å². The van der Waals surface area contributed by atoms with Gasteiger partial charge in [0.15, 0.2) is 0 Å². The number of hydrogen-bond donors (Lipinski definition) is 1. The second-order valence-corrected chi connectivity index (χ2v) is 8.62. The van der Waals surface area contributed by atoms with E-state index in [1.54, 1.807) is 48.9 Å². The number of ether oxygens (including phenoxy) is 1. The summed E-state index contributed by atoms with van der Waals surface area (Å²) in [4.78, 5) is 31.7. The summed E-state index contributed by atoms with van der Waals surface area (Å²) < 4.78 is 7.35. The van der Waals surface area contributed by atoms with Crippen molar-refractivity contribution in [3.63, 3.8) is 0 Å². The number of likely N-dealkylation sites (tertiary alicyclic amines) is 1. The number of aliphatic hydroxyl groups excluding tert-OH is 1. The summed E-state index contributed by atoms with van der Waals surface area (Å²) in [6.45, 7) is 3.22. The molecule has 1 unspecified atom stereocenters. The van der Waals surface area contributed by atoms with Crippen LogP contribution < -0.4 is 4.74 Å². The number of carbonyl (C=O) groups is 2. The minimum Gasteiger partial charge on any atom is -0.507 e. The van der Waals surface area contributed by atoms with Gasteiger partial charge in [-0.2, -0.15) is 0 Å². The fraction of sp³-hybridized carbons (Fsp3) is 0.240. The number of rotatable bonds is 8. The molecular formula is C25H23Cl2N3O4. The van der Waals surface area contributed by atoms with E-state index in [0.29, 0.717) is 53.0 Å². The maximum absolute atomic E-state index is 13.1. The number of amides is 1. The summed E-state index contributed by atoms with van der Waals surface area (Å²) in [5.74, 6) is -1.23. The summed E-state index contributed by atoms with van der Waals surface area (Å²) in [7, 11) is 0. The molecule has 0 saturated carbocycles. The molecule has 1 amide bonds. The topological polar surface area (TPSA) is 84.7 Å². The quantitative estimate of drug-likeness (QED) is 0.264. The first kappa shape index (κ1) is 23.9. The summed E-state index contributed by atoms with van der Waals surface area (Å²) in [5.41, 5.74) is 1.00. The van der Waals surface area contributed by atoms with Crippen LogP contribution in [-0.2, 0) is 16.1 Å². The zero-order valence-corrected chi connectivity index (χ0v) is 20.0. The van der Waals surface area contributed by atoms with Crippen LogP contribution in [0.15, 0.2) is 66.8 Å². The molecule has 4 rings (SSSR count). The Bertz CT molecular complexity index is 1220. The number of nitrogens with zero attached hydrogens (tertiary/aromatic N) is 3. The van der Waals surface area contributed by atoms with Gasteiger partial charge in [-0.25, -0.2) is 4.98 Å². The second kappa shape index (κ2) is 10.3. The maximum Gasteiger partial charge on any atom is 0.295 e. The Morgan fingerprint density at radius 3 is 2.53 bits per heavy atom. The van der Waals surface area contributed by atoms with Crippen LogP contribution in [0.1, 0.15) is 30.5 Å². The highest BCUT2D eigenvalue weighted by Gasteiger charge is 2.45. The molecular weight excluding hydrogens is 477 g/mol. The van der Waals surface area contributed by atoms with Crippen LogP contribution in [0, 0.1) is 0 Å². The van der Waals surface area contributed by atoms with E-state index < -0.39 is 17.7 Å². The molecule has 1 N–H and O–H groups in total. The van der Waals surface area contributed by atoms with Gasteiger partial charge in [0.25, 0.3) is 11.7 Å². The zero-order chi connectivity index (χ0) is 24.2. The minimum absolute atomic E-state index is 0.00943. The lowest BCUT2D eigenvalue weighted by atomic mass is 9.95. The Morgan fingerprint density at radius 1 is 1.12 bits per heavy atom. The van der Waals surface area contributed by atoms with Crippen molar-refractivity contribution in [3.05, 3.63) is 87.9 Å². The second-order valence-electron chi connectivity index (χ2n) is 7.78. The van der Waals surface area contributed by atoms with Crippen molar-refractivity contribution < 1.29 is 19.4 Å². The minimum atomic E-state index is -0.759. The van der Waals surface area contributed by atoms with Crippen molar-refractivity contribution in [2.24, 2.45) is 0 Å². The van der Waals surface area contributed by atoms with Gasteiger partial charge in [0, 0.05) is 36.1 Å². The molecule has 1 fully saturated rings. The number of hydrogen-bond acceptors (Lipinski definition) is 5. The van der Waals surface area contributed by atoms with Crippen molar-refractivity contribution >= 4 is 40.7 Å². The van der Waals surface area contributed by atoms with Crippen molar-refractivity contribution in [1.82, 2.24) is 14.5 Å². The first-order chi connectivity index (χ1) is 16.4. The van der Waals surface area contributed by atoms with E-state index in [-0.39, 0.29) is 11.3 Å². The third-order valence-corrected chi connectivity index (χ3v) is 6.15. The van der Waals surface area contributed by atoms with Gasteiger partial charge in [-0.3, -0.25) is 9.59 Å². The highest BCUT2D eigenvalue weighted by molar-refractivity contribution is 6.46. The van der Waals surface area contributed by atoms with Crippen molar-refractivity contribution in [2.45, 2.75) is 25.9 Å². The van der Waals surface area contributed by atoms with Crippen LogP contribution in [0.3, 0.4) is 0 Å². The lowest BCUT2D eigenvalue weighted by Crippen LogP contribution is -2.31. The van der Waals surface area contributed by atoms with E-state index >= 15 is 0 Å². The van der Waals surface area contributed by atoms with Crippen LogP contribution >= 0.6 is 23.2 Å². The number of imidazole rings is 1. The third-order valence-electron chi connectivity index (χ3n) is 5.61. The number of halogens is 2. The van der Waals surface area contributed by atoms with Crippen molar-refractivity contribution in [3.8, 4) is 5.75 Å². The van der Waals surface area contributed by atoms with E-state index in [9.17, 15) is 14.7 Å². The van der Waals surface area contributed by atoms with Crippen LogP contribution in [0.2, 0.25) is 10.0 Å². The molecule has 0 spiro atoms. The number of aliphatic hydroxyl groups is 1. The van der Waals surface area contributed by atoms with Crippen LogP contribution in [0.25, 0.3) is 5.76 Å². The molecule has 9 heteroatoms. The number of ketones is 1. The SMILES string of the molecule is CCOc1ccc(/C(O)=C2/C(=O)C(=O)N(CCCn3ccnc3)C2c2ccc(Cl)cc2)cc1Cl. The fourth-order valence-electron chi connectivity index (χ4n) is 4.02. The Labute approximate surface area is 207 Å². The number of aryl methyl sites for hydroxylation is 1. The average molecular weight is 500 g/mol. The van der Waals surface area contributed by atoms with Crippen LogP contribution in [0.5, 0.6) is 5.75 Å².